The lowest BCUT2D eigenvalue weighted by Crippen LogP contribution is -2.41. The Balaban J connectivity index is 1.91. The van der Waals surface area contributed by atoms with Gasteiger partial charge in [0.15, 0.2) is 5.69 Å². The summed E-state index contributed by atoms with van der Waals surface area (Å²) in [5.74, 6) is 0.519. The molecule has 0 atom stereocenters. The van der Waals surface area contributed by atoms with Crippen molar-refractivity contribution >= 4 is 52.1 Å². The summed E-state index contributed by atoms with van der Waals surface area (Å²) in [6.45, 7) is 2.54. The Labute approximate surface area is 199 Å². The van der Waals surface area contributed by atoms with Gasteiger partial charge >= 0.3 is 5.69 Å². The number of aromatic nitrogens is 2. The van der Waals surface area contributed by atoms with Crippen LogP contribution in [-0.4, -0.2) is 21.2 Å². The van der Waals surface area contributed by atoms with E-state index in [0.29, 0.717) is 16.6 Å². The van der Waals surface area contributed by atoms with Gasteiger partial charge in [0, 0.05) is 17.2 Å². The maximum Gasteiger partial charge on any atom is 0.330 e. The van der Waals surface area contributed by atoms with E-state index in [4.69, 9.17) is 17.3 Å². The molecule has 1 amide bonds. The molecule has 0 fully saturated rings. The van der Waals surface area contributed by atoms with Crippen molar-refractivity contribution in [1.82, 2.24) is 9.55 Å². The van der Waals surface area contributed by atoms with E-state index in [2.05, 4.69) is 4.98 Å². The monoisotopic (exact) mass is 492 g/mol. The predicted molar refractivity (Wildman–Crippen MR) is 134 cm³/mol. The van der Waals surface area contributed by atoms with Crippen LogP contribution in [0.2, 0.25) is 4.34 Å². The number of hydrogen-bond acceptors (Lipinski definition) is 6. The van der Waals surface area contributed by atoms with E-state index in [9.17, 15) is 14.4 Å². The highest BCUT2D eigenvalue weighted by Gasteiger charge is 2.24. The van der Waals surface area contributed by atoms with Gasteiger partial charge in [-0.1, -0.05) is 55.3 Å². The fourth-order valence-electron chi connectivity index (χ4n) is 3.18. The maximum absolute atomic E-state index is 13.2. The van der Waals surface area contributed by atoms with Crippen molar-refractivity contribution in [3.8, 4) is 0 Å². The van der Waals surface area contributed by atoms with Crippen molar-refractivity contribution in [2.24, 2.45) is 0 Å². The molecule has 0 radical (unpaired) electrons. The molecule has 170 valence electrons. The summed E-state index contributed by atoms with van der Waals surface area (Å²) in [6.07, 6.45) is 1.58. The number of thioether (sulfide) groups is 1. The molecule has 10 heteroatoms. The minimum atomic E-state index is -0.667. The summed E-state index contributed by atoms with van der Waals surface area (Å²) in [5.41, 5.74) is 5.89. The van der Waals surface area contributed by atoms with Gasteiger partial charge < -0.3 is 5.73 Å². The number of halogens is 1. The molecule has 0 aliphatic heterocycles. The molecular weight excluding hydrogens is 468 g/mol. The van der Waals surface area contributed by atoms with E-state index < -0.39 is 11.2 Å². The number of carbonyl (C=O) groups excluding carboxylic acids is 1. The largest absolute Gasteiger partial charge is 0.383 e. The molecule has 0 spiro atoms. The molecule has 7 nitrogen and oxygen atoms in total. The van der Waals surface area contributed by atoms with Gasteiger partial charge in [-0.05, 0) is 24.1 Å². The standard InChI is InChI=1S/C22H25ClN4O3S2/c1-2-3-11-26-20(24)19(21(29)25-22(26)30)27(12-15-7-5-4-6-8-15)18(28)14-31-13-16-9-10-17(23)32-16/h4-10H,2-3,11-14,24H2,1H3,(H,25,29,30). The molecule has 0 aliphatic carbocycles. The average molecular weight is 493 g/mol. The lowest BCUT2D eigenvalue weighted by Gasteiger charge is -2.24. The fraction of sp³-hybridized carbons (Fsp3) is 0.318. The molecule has 0 bridgehead atoms. The van der Waals surface area contributed by atoms with Crippen LogP contribution in [0, 0.1) is 0 Å². The second-order valence-electron chi connectivity index (χ2n) is 7.16. The summed E-state index contributed by atoms with van der Waals surface area (Å²) in [4.78, 5) is 43.1. The molecule has 32 heavy (non-hydrogen) atoms. The van der Waals surface area contributed by atoms with Crippen LogP contribution in [0.1, 0.15) is 30.2 Å². The topological polar surface area (TPSA) is 101 Å². The lowest BCUT2D eigenvalue weighted by molar-refractivity contribution is -0.116. The maximum atomic E-state index is 13.2. The van der Waals surface area contributed by atoms with Crippen LogP contribution in [-0.2, 0) is 23.6 Å². The highest BCUT2D eigenvalue weighted by Crippen LogP contribution is 2.26. The van der Waals surface area contributed by atoms with E-state index >= 15 is 0 Å². The molecular formula is C22H25ClN4O3S2. The zero-order valence-electron chi connectivity index (χ0n) is 17.7. The van der Waals surface area contributed by atoms with Crippen LogP contribution in [0.4, 0.5) is 11.5 Å². The summed E-state index contributed by atoms with van der Waals surface area (Å²) in [7, 11) is 0. The molecule has 3 N–H and O–H groups in total. The van der Waals surface area contributed by atoms with Gasteiger partial charge in [0.25, 0.3) is 5.56 Å². The number of thiophene rings is 1. The molecule has 0 unspecified atom stereocenters. The summed E-state index contributed by atoms with van der Waals surface area (Å²) >= 11 is 8.88. The first-order valence-corrected chi connectivity index (χ1v) is 12.5. The zero-order valence-corrected chi connectivity index (χ0v) is 20.1. The summed E-state index contributed by atoms with van der Waals surface area (Å²) < 4.78 is 2.03. The first-order chi connectivity index (χ1) is 15.4. The highest BCUT2D eigenvalue weighted by molar-refractivity contribution is 7.99. The Morgan fingerprint density at radius 2 is 1.97 bits per heavy atom. The second kappa shape index (κ2) is 11.4. The Morgan fingerprint density at radius 3 is 2.62 bits per heavy atom. The number of nitrogens with two attached hydrogens (primary N) is 1. The smallest absolute Gasteiger partial charge is 0.330 e. The van der Waals surface area contributed by atoms with E-state index in [0.717, 1.165) is 23.3 Å². The van der Waals surface area contributed by atoms with Gasteiger partial charge in [0.1, 0.15) is 5.82 Å². The van der Waals surface area contributed by atoms with E-state index in [1.807, 2.05) is 49.4 Å². The second-order valence-corrected chi connectivity index (χ2v) is 9.95. The van der Waals surface area contributed by atoms with Crippen molar-refractivity contribution in [3.05, 3.63) is 78.1 Å². The molecule has 1 aromatic carbocycles. The third-order valence-corrected chi connectivity index (χ3v) is 7.18. The Morgan fingerprint density at radius 1 is 1.22 bits per heavy atom. The minimum Gasteiger partial charge on any atom is -0.383 e. The van der Waals surface area contributed by atoms with Gasteiger partial charge in [-0.2, -0.15) is 0 Å². The third-order valence-electron chi connectivity index (χ3n) is 4.80. The number of hydrogen-bond donors (Lipinski definition) is 2. The molecule has 3 aromatic rings. The molecule has 0 saturated heterocycles. The Hall–Kier alpha value is -2.49. The van der Waals surface area contributed by atoms with Crippen LogP contribution in [0.15, 0.2) is 52.1 Å². The number of amides is 1. The van der Waals surface area contributed by atoms with Gasteiger partial charge in [0.05, 0.1) is 16.6 Å². The van der Waals surface area contributed by atoms with Crippen LogP contribution in [0.3, 0.4) is 0 Å². The average Bonchev–Trinajstić information content (AvgIpc) is 3.18. The van der Waals surface area contributed by atoms with Gasteiger partial charge in [0.2, 0.25) is 5.91 Å². The van der Waals surface area contributed by atoms with E-state index in [-0.39, 0.29) is 29.7 Å². The fourth-order valence-corrected chi connectivity index (χ4v) is 5.28. The number of H-pyrrole nitrogens is 1. The Kier molecular flexibility index (Phi) is 8.60. The summed E-state index contributed by atoms with van der Waals surface area (Å²) in [5, 5.41) is 0. The Bertz CT molecular complexity index is 1170. The van der Waals surface area contributed by atoms with E-state index in [1.54, 1.807) is 0 Å². The first-order valence-electron chi connectivity index (χ1n) is 10.2. The van der Waals surface area contributed by atoms with Gasteiger partial charge in [-0.25, -0.2) is 4.79 Å². The number of nitrogens with one attached hydrogen (secondary N) is 1. The number of aromatic amines is 1. The third kappa shape index (κ3) is 6.05. The van der Waals surface area contributed by atoms with Crippen LogP contribution in [0.25, 0.3) is 0 Å². The number of benzene rings is 1. The number of carbonyl (C=O) groups is 1. The quantitative estimate of drug-likeness (QED) is 0.443. The van der Waals surface area contributed by atoms with Crippen molar-refractivity contribution in [3.63, 3.8) is 0 Å². The van der Waals surface area contributed by atoms with Crippen molar-refractivity contribution in [2.75, 3.05) is 16.4 Å². The number of anilines is 2. The van der Waals surface area contributed by atoms with Crippen molar-refractivity contribution in [1.29, 1.82) is 0 Å². The van der Waals surface area contributed by atoms with Gasteiger partial charge in [-0.15, -0.1) is 23.1 Å². The number of nitrogen functional groups attached to an aromatic ring is 1. The SMILES string of the molecule is CCCCn1c(N)c(N(Cc2ccccc2)C(=O)CSCc2ccc(Cl)s2)c(=O)[nH]c1=O. The normalized spacial score (nSPS) is 10.9. The molecule has 0 aliphatic rings. The van der Waals surface area contributed by atoms with Crippen molar-refractivity contribution < 1.29 is 4.79 Å². The van der Waals surface area contributed by atoms with Crippen LogP contribution in [0.5, 0.6) is 0 Å². The first kappa shape index (κ1) is 24.2. The van der Waals surface area contributed by atoms with Crippen LogP contribution < -0.4 is 21.9 Å². The molecule has 0 saturated carbocycles. The van der Waals surface area contributed by atoms with Gasteiger partial charge in [-0.3, -0.25) is 24.0 Å². The number of unbranched alkanes of at least 4 members (excludes halogenated alkanes) is 1. The minimum absolute atomic E-state index is 0.00604. The highest BCUT2D eigenvalue weighted by atomic mass is 35.5. The summed E-state index contributed by atoms with van der Waals surface area (Å²) in [6, 6.07) is 13.1. The van der Waals surface area contributed by atoms with Crippen LogP contribution >= 0.6 is 34.7 Å². The number of rotatable bonds is 10. The molecule has 2 aromatic heterocycles. The predicted octanol–water partition coefficient (Wildman–Crippen LogP) is 4.10. The molecule has 3 rings (SSSR count). The zero-order chi connectivity index (χ0) is 23.1. The lowest BCUT2D eigenvalue weighted by atomic mass is 10.2. The van der Waals surface area contributed by atoms with E-state index in [1.165, 1.54) is 32.6 Å². The van der Waals surface area contributed by atoms with Crippen molar-refractivity contribution in [2.45, 2.75) is 38.6 Å². The molecule has 2 heterocycles. The number of nitrogens with zero attached hydrogens (tertiary/aromatic N) is 2.